The minimum absolute atomic E-state index is 0.108. The van der Waals surface area contributed by atoms with Gasteiger partial charge in [0.25, 0.3) is 0 Å². The molecular weight excluding hydrogens is 320 g/mol. The topological polar surface area (TPSA) is 32.3 Å². The molecule has 0 aromatic heterocycles. The summed E-state index contributed by atoms with van der Waals surface area (Å²) >= 11 is 0. The first-order valence-electron chi connectivity index (χ1n) is 9.87. The molecule has 1 aliphatic heterocycles. The lowest BCUT2D eigenvalue weighted by Crippen LogP contribution is -2.38. The molecule has 0 unspecified atom stereocenters. The second-order valence-corrected chi connectivity index (χ2v) is 7.39. The average Bonchev–Trinajstić information content (AvgIpc) is 2.68. The summed E-state index contributed by atoms with van der Waals surface area (Å²) in [5.41, 5.74) is 4.80. The Hall–Kier alpha value is -2.29. The number of anilines is 2. The van der Waals surface area contributed by atoms with Gasteiger partial charge >= 0.3 is 0 Å². The fourth-order valence-corrected chi connectivity index (χ4v) is 3.54. The Kier molecular flexibility index (Phi) is 6.32. The van der Waals surface area contributed by atoms with Crippen molar-refractivity contribution in [3.05, 3.63) is 59.7 Å². The normalized spacial score (nSPS) is 15.1. The van der Waals surface area contributed by atoms with Gasteiger partial charge in [0, 0.05) is 30.4 Å². The molecule has 26 heavy (non-hydrogen) atoms. The van der Waals surface area contributed by atoms with Crippen molar-refractivity contribution in [3.8, 4) is 0 Å². The van der Waals surface area contributed by atoms with Crippen LogP contribution in [0.15, 0.2) is 48.5 Å². The van der Waals surface area contributed by atoms with Gasteiger partial charge < -0.3 is 10.2 Å². The Bertz CT molecular complexity index is 698. The smallest absolute Gasteiger partial charge is 0.227 e. The van der Waals surface area contributed by atoms with Crippen molar-refractivity contribution < 1.29 is 4.79 Å². The molecule has 1 N–H and O–H groups in total. The summed E-state index contributed by atoms with van der Waals surface area (Å²) in [4.78, 5) is 15.0. The van der Waals surface area contributed by atoms with Crippen molar-refractivity contribution in [1.29, 1.82) is 0 Å². The average molecular weight is 351 g/mol. The predicted octanol–water partition coefficient (Wildman–Crippen LogP) is 5.19. The molecule has 2 aromatic carbocycles. The van der Waals surface area contributed by atoms with E-state index in [9.17, 15) is 4.79 Å². The molecule has 3 nitrogen and oxygen atoms in total. The van der Waals surface area contributed by atoms with Gasteiger partial charge in [-0.3, -0.25) is 4.79 Å². The highest BCUT2D eigenvalue weighted by atomic mass is 16.1. The Morgan fingerprint density at radius 3 is 2.31 bits per heavy atom. The molecule has 1 saturated heterocycles. The minimum Gasteiger partial charge on any atom is -0.371 e. The summed E-state index contributed by atoms with van der Waals surface area (Å²) < 4.78 is 0. The van der Waals surface area contributed by atoms with E-state index in [0.717, 1.165) is 38.0 Å². The molecule has 0 radical (unpaired) electrons. The molecule has 0 atom stereocenters. The highest BCUT2D eigenvalue weighted by molar-refractivity contribution is 5.92. The largest absolute Gasteiger partial charge is 0.371 e. The molecule has 0 spiro atoms. The van der Waals surface area contributed by atoms with Crippen LogP contribution in [0.5, 0.6) is 0 Å². The molecule has 138 valence electrons. The monoisotopic (exact) mass is 350 g/mol. The predicted molar refractivity (Wildman–Crippen MR) is 110 cm³/mol. The van der Waals surface area contributed by atoms with E-state index in [2.05, 4.69) is 60.5 Å². The molecule has 0 bridgehead atoms. The summed E-state index contributed by atoms with van der Waals surface area (Å²) in [6, 6.07) is 17.0. The third kappa shape index (κ3) is 4.87. The maximum atomic E-state index is 12.6. The number of carbonyl (C=O) groups is 1. The first-order chi connectivity index (χ1) is 12.7. The van der Waals surface area contributed by atoms with Gasteiger partial charge in [-0.1, -0.05) is 43.2 Å². The first-order valence-corrected chi connectivity index (χ1v) is 9.87. The number of piperidine rings is 1. The van der Waals surface area contributed by atoms with Crippen molar-refractivity contribution in [2.24, 2.45) is 5.92 Å². The van der Waals surface area contributed by atoms with Crippen LogP contribution in [0.25, 0.3) is 0 Å². The first kappa shape index (κ1) is 18.5. The van der Waals surface area contributed by atoms with Gasteiger partial charge in [0.05, 0.1) is 0 Å². The van der Waals surface area contributed by atoms with Gasteiger partial charge in [-0.2, -0.15) is 0 Å². The third-order valence-electron chi connectivity index (χ3n) is 5.31. The maximum Gasteiger partial charge on any atom is 0.227 e. The number of unbranched alkanes of at least 4 members (excludes halogenated alkanes) is 1. The number of nitrogens with zero attached hydrogens (tertiary/aromatic N) is 1. The van der Waals surface area contributed by atoms with Crippen molar-refractivity contribution in [3.63, 3.8) is 0 Å². The van der Waals surface area contributed by atoms with E-state index in [1.807, 2.05) is 12.1 Å². The number of hydrogen-bond donors (Lipinski definition) is 1. The van der Waals surface area contributed by atoms with E-state index in [1.165, 1.54) is 29.7 Å². The van der Waals surface area contributed by atoms with E-state index in [4.69, 9.17) is 0 Å². The quantitative estimate of drug-likeness (QED) is 0.777. The van der Waals surface area contributed by atoms with Crippen LogP contribution in [0.3, 0.4) is 0 Å². The summed E-state index contributed by atoms with van der Waals surface area (Å²) in [6.45, 7) is 6.20. The molecule has 1 heterocycles. The van der Waals surface area contributed by atoms with E-state index in [1.54, 1.807) is 0 Å². The van der Waals surface area contributed by atoms with Crippen molar-refractivity contribution in [1.82, 2.24) is 0 Å². The summed E-state index contributed by atoms with van der Waals surface area (Å²) in [7, 11) is 0. The van der Waals surface area contributed by atoms with Crippen LogP contribution in [0, 0.1) is 12.8 Å². The zero-order valence-electron chi connectivity index (χ0n) is 16.0. The molecule has 1 aliphatic rings. The van der Waals surface area contributed by atoms with Crippen molar-refractivity contribution >= 4 is 17.3 Å². The molecule has 2 aromatic rings. The van der Waals surface area contributed by atoms with Gasteiger partial charge in [0.15, 0.2) is 0 Å². The molecule has 1 fully saturated rings. The number of rotatable bonds is 6. The maximum absolute atomic E-state index is 12.6. The molecule has 0 aliphatic carbocycles. The Morgan fingerprint density at radius 1 is 1.04 bits per heavy atom. The lowest BCUT2D eigenvalue weighted by molar-refractivity contribution is -0.120. The number of amides is 1. The van der Waals surface area contributed by atoms with Gasteiger partial charge in [-0.15, -0.1) is 0 Å². The summed E-state index contributed by atoms with van der Waals surface area (Å²) in [5.74, 6) is 0.270. The van der Waals surface area contributed by atoms with Gasteiger partial charge in [0.1, 0.15) is 0 Å². The van der Waals surface area contributed by atoms with Gasteiger partial charge in [-0.05, 0) is 62.4 Å². The van der Waals surface area contributed by atoms with Crippen LogP contribution >= 0.6 is 0 Å². The Balaban J connectivity index is 1.49. The number of aryl methyl sites for hydroxylation is 2. The number of carbonyl (C=O) groups excluding carboxylic acids is 1. The fourth-order valence-electron chi connectivity index (χ4n) is 3.54. The summed E-state index contributed by atoms with van der Waals surface area (Å²) in [5, 5.41) is 3.10. The van der Waals surface area contributed by atoms with E-state index in [0.29, 0.717) is 0 Å². The zero-order valence-corrected chi connectivity index (χ0v) is 16.0. The molecule has 1 amide bonds. The molecule has 3 heteroatoms. The molecular formula is C23H30N2O. The Morgan fingerprint density at radius 2 is 1.69 bits per heavy atom. The SMILES string of the molecule is CCCCc1ccc(NC(=O)C2CCN(c3ccc(C)cc3)CC2)cc1. The second-order valence-electron chi connectivity index (χ2n) is 7.39. The van der Waals surface area contributed by atoms with Crippen LogP contribution in [0.2, 0.25) is 0 Å². The third-order valence-corrected chi connectivity index (χ3v) is 5.31. The zero-order chi connectivity index (χ0) is 18.4. The van der Waals surface area contributed by atoms with E-state index < -0.39 is 0 Å². The lowest BCUT2D eigenvalue weighted by atomic mass is 9.95. The number of benzene rings is 2. The molecule has 3 rings (SSSR count). The Labute approximate surface area is 157 Å². The number of nitrogens with one attached hydrogen (secondary N) is 1. The summed E-state index contributed by atoms with van der Waals surface area (Å²) in [6.07, 6.45) is 5.36. The highest BCUT2D eigenvalue weighted by Gasteiger charge is 2.25. The highest BCUT2D eigenvalue weighted by Crippen LogP contribution is 2.24. The van der Waals surface area contributed by atoms with Crippen LogP contribution in [-0.2, 0) is 11.2 Å². The van der Waals surface area contributed by atoms with E-state index >= 15 is 0 Å². The van der Waals surface area contributed by atoms with Crippen molar-refractivity contribution in [2.75, 3.05) is 23.3 Å². The van der Waals surface area contributed by atoms with Gasteiger partial charge in [-0.25, -0.2) is 0 Å². The van der Waals surface area contributed by atoms with Crippen LogP contribution in [-0.4, -0.2) is 19.0 Å². The fraction of sp³-hybridized carbons (Fsp3) is 0.435. The standard InChI is InChI=1S/C23H30N2O/c1-3-4-5-19-8-10-21(11-9-19)24-23(26)20-14-16-25(17-15-20)22-12-6-18(2)7-13-22/h6-13,20H,3-5,14-17H2,1-2H3,(H,24,26). The van der Waals surface area contributed by atoms with E-state index in [-0.39, 0.29) is 11.8 Å². The minimum atomic E-state index is 0.108. The second kappa shape index (κ2) is 8.88. The molecule has 0 saturated carbocycles. The van der Waals surface area contributed by atoms with Gasteiger partial charge in [0.2, 0.25) is 5.91 Å². The van der Waals surface area contributed by atoms with Crippen LogP contribution < -0.4 is 10.2 Å². The lowest BCUT2D eigenvalue weighted by Gasteiger charge is -2.33. The van der Waals surface area contributed by atoms with Crippen molar-refractivity contribution in [2.45, 2.75) is 46.0 Å². The van der Waals surface area contributed by atoms with Crippen LogP contribution in [0.1, 0.15) is 43.7 Å². The van der Waals surface area contributed by atoms with Crippen LogP contribution in [0.4, 0.5) is 11.4 Å². The number of hydrogen-bond acceptors (Lipinski definition) is 2.